The number of ether oxygens (including phenoxy) is 1. The van der Waals surface area contributed by atoms with E-state index in [1.54, 1.807) is 0 Å². The SMILES string of the molecule is CCCCCCCCCCCCCCCCCC(=O)OC(=O)[C@@H](N)CCC(=O)O.N. The predicted molar refractivity (Wildman–Crippen MR) is 121 cm³/mol. The molecule has 178 valence electrons. The van der Waals surface area contributed by atoms with Crippen molar-refractivity contribution in [1.82, 2.24) is 6.15 Å². The average Bonchev–Trinajstić information content (AvgIpc) is 2.68. The van der Waals surface area contributed by atoms with Crippen LogP contribution in [-0.2, 0) is 19.1 Å². The predicted octanol–water partition coefficient (Wildman–Crippen LogP) is 5.67. The fraction of sp³-hybridized carbons (Fsp3) is 0.870. The number of hydrogen-bond acceptors (Lipinski definition) is 6. The average molecular weight is 431 g/mol. The van der Waals surface area contributed by atoms with Gasteiger partial charge in [-0.25, -0.2) is 4.79 Å². The maximum atomic E-state index is 11.6. The van der Waals surface area contributed by atoms with Crippen LogP contribution in [0.25, 0.3) is 0 Å². The van der Waals surface area contributed by atoms with E-state index in [1.165, 1.54) is 77.0 Å². The molecule has 0 saturated heterocycles. The summed E-state index contributed by atoms with van der Waals surface area (Å²) in [5, 5.41) is 8.55. The third kappa shape index (κ3) is 21.2. The van der Waals surface area contributed by atoms with Crippen LogP contribution in [0.1, 0.15) is 122 Å². The summed E-state index contributed by atoms with van der Waals surface area (Å²) in [6.45, 7) is 2.25. The molecule has 0 radical (unpaired) electrons. The Bertz CT molecular complexity index is 443. The quantitative estimate of drug-likeness (QED) is 0.128. The summed E-state index contributed by atoms with van der Waals surface area (Å²) in [6.07, 6.45) is 18.7. The minimum atomic E-state index is -1.06. The van der Waals surface area contributed by atoms with E-state index >= 15 is 0 Å². The lowest BCUT2D eigenvalue weighted by atomic mass is 10.0. The van der Waals surface area contributed by atoms with Crippen molar-refractivity contribution < 1.29 is 24.2 Å². The van der Waals surface area contributed by atoms with E-state index in [0.29, 0.717) is 6.42 Å². The molecule has 0 aliphatic carbocycles. The number of nitrogens with two attached hydrogens (primary N) is 1. The zero-order valence-electron chi connectivity index (χ0n) is 19.2. The molecule has 0 spiro atoms. The van der Waals surface area contributed by atoms with Crippen molar-refractivity contribution in [3.63, 3.8) is 0 Å². The van der Waals surface area contributed by atoms with Crippen molar-refractivity contribution in [2.24, 2.45) is 5.73 Å². The maximum Gasteiger partial charge on any atom is 0.330 e. The fourth-order valence-electron chi connectivity index (χ4n) is 3.28. The molecule has 0 aromatic heterocycles. The lowest BCUT2D eigenvalue weighted by molar-refractivity contribution is -0.160. The van der Waals surface area contributed by atoms with Gasteiger partial charge in [0.1, 0.15) is 6.04 Å². The van der Waals surface area contributed by atoms with Crippen LogP contribution in [0.3, 0.4) is 0 Å². The topological polar surface area (TPSA) is 142 Å². The normalized spacial score (nSPS) is 11.5. The Morgan fingerprint density at radius 2 is 1.13 bits per heavy atom. The number of carboxylic acid groups (broad SMARTS) is 1. The molecule has 0 amide bonds. The summed E-state index contributed by atoms with van der Waals surface area (Å²) >= 11 is 0. The molecule has 1 atom stereocenters. The van der Waals surface area contributed by atoms with E-state index in [4.69, 9.17) is 10.8 Å². The number of unbranched alkanes of at least 4 members (excludes halogenated alkanes) is 14. The van der Waals surface area contributed by atoms with E-state index < -0.39 is 23.9 Å². The van der Waals surface area contributed by atoms with Crippen LogP contribution in [-0.4, -0.2) is 29.1 Å². The van der Waals surface area contributed by atoms with Gasteiger partial charge in [0, 0.05) is 12.8 Å². The number of aliphatic carboxylic acids is 1. The molecule has 30 heavy (non-hydrogen) atoms. The maximum absolute atomic E-state index is 11.6. The molecular weight excluding hydrogens is 384 g/mol. The van der Waals surface area contributed by atoms with Crippen molar-refractivity contribution in [2.75, 3.05) is 0 Å². The van der Waals surface area contributed by atoms with Crippen molar-refractivity contribution in [2.45, 2.75) is 129 Å². The van der Waals surface area contributed by atoms with Crippen LogP contribution in [0.15, 0.2) is 0 Å². The van der Waals surface area contributed by atoms with Crippen LogP contribution in [0.5, 0.6) is 0 Å². The van der Waals surface area contributed by atoms with Crippen LogP contribution < -0.4 is 11.9 Å². The standard InChI is InChI=1S/C23H43NO5.H3N/c1-2-3-4-5-6-7-8-9-10-11-12-13-14-15-16-17-22(27)29-23(28)20(24)18-19-21(25)26;/h20H,2-19,24H2,1H3,(H,25,26);1H3/t20-;/m0./s1. The molecule has 0 aromatic rings. The number of carbonyl (C=O) groups excluding carboxylic acids is 2. The first-order valence-corrected chi connectivity index (χ1v) is 11.7. The van der Waals surface area contributed by atoms with Gasteiger partial charge in [0.2, 0.25) is 0 Å². The van der Waals surface area contributed by atoms with E-state index in [9.17, 15) is 14.4 Å². The van der Waals surface area contributed by atoms with Gasteiger partial charge in [0.15, 0.2) is 0 Å². The van der Waals surface area contributed by atoms with Crippen molar-refractivity contribution >= 4 is 17.9 Å². The Hall–Kier alpha value is -1.47. The lowest BCUT2D eigenvalue weighted by Crippen LogP contribution is -2.34. The molecule has 0 aliphatic rings. The molecule has 0 aromatic carbocycles. The lowest BCUT2D eigenvalue weighted by Gasteiger charge is -2.09. The van der Waals surface area contributed by atoms with Gasteiger partial charge in [0.25, 0.3) is 0 Å². The van der Waals surface area contributed by atoms with E-state index in [-0.39, 0.29) is 25.4 Å². The Morgan fingerprint density at radius 1 is 0.733 bits per heavy atom. The number of hydrogen-bond donors (Lipinski definition) is 3. The second kappa shape index (κ2) is 22.2. The molecule has 6 N–H and O–H groups in total. The molecule has 7 heteroatoms. The first kappa shape index (κ1) is 30.7. The van der Waals surface area contributed by atoms with Crippen molar-refractivity contribution in [3.05, 3.63) is 0 Å². The highest BCUT2D eigenvalue weighted by Crippen LogP contribution is 2.14. The molecule has 0 bridgehead atoms. The molecule has 0 saturated carbocycles. The first-order valence-electron chi connectivity index (χ1n) is 11.7. The van der Waals surface area contributed by atoms with Crippen LogP contribution >= 0.6 is 0 Å². The van der Waals surface area contributed by atoms with Gasteiger partial charge in [-0.2, -0.15) is 0 Å². The van der Waals surface area contributed by atoms with Crippen LogP contribution in [0.4, 0.5) is 0 Å². The van der Waals surface area contributed by atoms with Gasteiger partial charge in [-0.15, -0.1) is 0 Å². The molecule has 7 nitrogen and oxygen atoms in total. The van der Waals surface area contributed by atoms with Crippen molar-refractivity contribution in [3.8, 4) is 0 Å². The van der Waals surface area contributed by atoms with Crippen LogP contribution in [0.2, 0.25) is 0 Å². The summed E-state index contributed by atoms with van der Waals surface area (Å²) in [6, 6.07) is -1.06. The minimum absolute atomic E-state index is 0. The zero-order chi connectivity index (χ0) is 21.7. The molecule has 0 aliphatic heterocycles. The molecule has 0 rings (SSSR count). The summed E-state index contributed by atoms with van der Waals surface area (Å²) in [5.74, 6) is -2.44. The first-order chi connectivity index (χ1) is 14.0. The summed E-state index contributed by atoms with van der Waals surface area (Å²) in [7, 11) is 0. The fourth-order valence-corrected chi connectivity index (χ4v) is 3.28. The smallest absolute Gasteiger partial charge is 0.330 e. The largest absolute Gasteiger partial charge is 0.481 e. The molecular formula is C23H46N2O5. The van der Waals surface area contributed by atoms with Gasteiger partial charge < -0.3 is 21.7 Å². The third-order valence-electron chi connectivity index (χ3n) is 5.17. The van der Waals surface area contributed by atoms with Crippen LogP contribution in [0, 0.1) is 0 Å². The second-order valence-electron chi connectivity index (χ2n) is 8.03. The second-order valence-corrected chi connectivity index (χ2v) is 8.03. The highest BCUT2D eigenvalue weighted by molar-refractivity contribution is 5.88. The van der Waals surface area contributed by atoms with Gasteiger partial charge >= 0.3 is 17.9 Å². The monoisotopic (exact) mass is 430 g/mol. The number of esters is 2. The molecule has 0 unspecified atom stereocenters. The summed E-state index contributed by atoms with van der Waals surface area (Å²) in [4.78, 5) is 33.6. The molecule has 0 fully saturated rings. The van der Waals surface area contributed by atoms with Gasteiger partial charge in [-0.05, 0) is 12.8 Å². The van der Waals surface area contributed by atoms with Gasteiger partial charge in [0.05, 0.1) is 0 Å². The van der Waals surface area contributed by atoms with Crippen molar-refractivity contribution in [1.29, 1.82) is 0 Å². The number of carboxylic acids is 1. The zero-order valence-corrected chi connectivity index (χ0v) is 19.2. The number of carbonyl (C=O) groups is 3. The van der Waals surface area contributed by atoms with E-state index in [0.717, 1.165) is 12.8 Å². The summed E-state index contributed by atoms with van der Waals surface area (Å²) in [5.41, 5.74) is 5.51. The highest BCUT2D eigenvalue weighted by atomic mass is 16.6. The minimum Gasteiger partial charge on any atom is -0.481 e. The Morgan fingerprint density at radius 3 is 1.53 bits per heavy atom. The van der Waals surface area contributed by atoms with E-state index in [2.05, 4.69) is 11.7 Å². The van der Waals surface area contributed by atoms with E-state index in [1.807, 2.05) is 0 Å². The Balaban J connectivity index is 0. The highest BCUT2D eigenvalue weighted by Gasteiger charge is 2.19. The van der Waals surface area contributed by atoms with Gasteiger partial charge in [-0.3, -0.25) is 9.59 Å². The van der Waals surface area contributed by atoms with Gasteiger partial charge in [-0.1, -0.05) is 96.8 Å². The third-order valence-corrected chi connectivity index (χ3v) is 5.17. The Labute approximate surface area is 183 Å². The summed E-state index contributed by atoms with van der Waals surface area (Å²) < 4.78 is 4.67. The molecule has 0 heterocycles. The number of rotatable bonds is 20. The Kier molecular flexibility index (Phi) is 22.8.